The number of aromatic nitrogens is 2. The zero-order chi connectivity index (χ0) is 14.3. The van der Waals surface area contributed by atoms with Gasteiger partial charge in [0.1, 0.15) is 0 Å². The van der Waals surface area contributed by atoms with Crippen molar-refractivity contribution in [1.82, 2.24) is 9.78 Å². The fraction of sp³-hybridized carbons (Fsp3) is 0.412. The van der Waals surface area contributed by atoms with E-state index in [1.807, 2.05) is 20.9 Å². The van der Waals surface area contributed by atoms with Crippen LogP contribution in [0.5, 0.6) is 0 Å². The second-order valence-electron chi connectivity index (χ2n) is 5.73. The van der Waals surface area contributed by atoms with Crippen LogP contribution in [0, 0.1) is 13.8 Å². The standard InChI is InChI=1S/C17H20N2O/c1-11-17(12(2)19(3)18-11)16(20)10-13-7-8-14-5-4-6-15(14)9-13/h7-9H,4-6,10H2,1-3H3. The van der Waals surface area contributed by atoms with Crippen molar-refractivity contribution in [3.8, 4) is 0 Å². The minimum absolute atomic E-state index is 0.172. The van der Waals surface area contributed by atoms with Crippen LogP contribution in [-0.4, -0.2) is 15.6 Å². The van der Waals surface area contributed by atoms with E-state index >= 15 is 0 Å². The van der Waals surface area contributed by atoms with E-state index in [1.165, 1.54) is 24.0 Å². The lowest BCUT2D eigenvalue weighted by molar-refractivity contribution is 0.0991. The largest absolute Gasteiger partial charge is 0.294 e. The minimum atomic E-state index is 0.172. The van der Waals surface area contributed by atoms with Crippen LogP contribution in [0.25, 0.3) is 0 Å². The molecule has 1 aromatic carbocycles. The molecule has 0 amide bonds. The van der Waals surface area contributed by atoms with Gasteiger partial charge in [0.25, 0.3) is 0 Å². The lowest BCUT2D eigenvalue weighted by atomic mass is 9.99. The van der Waals surface area contributed by atoms with E-state index in [1.54, 1.807) is 4.68 Å². The van der Waals surface area contributed by atoms with Crippen LogP contribution >= 0.6 is 0 Å². The molecule has 0 saturated heterocycles. The molecule has 20 heavy (non-hydrogen) atoms. The first kappa shape index (κ1) is 13.1. The molecule has 0 radical (unpaired) electrons. The average molecular weight is 268 g/mol. The second-order valence-corrected chi connectivity index (χ2v) is 5.73. The molecule has 3 heteroatoms. The summed E-state index contributed by atoms with van der Waals surface area (Å²) in [5.74, 6) is 0.172. The maximum Gasteiger partial charge on any atom is 0.170 e. The Kier molecular flexibility index (Phi) is 3.20. The second kappa shape index (κ2) is 4.89. The summed E-state index contributed by atoms with van der Waals surface area (Å²) in [6, 6.07) is 6.50. The van der Waals surface area contributed by atoms with Crippen molar-refractivity contribution in [3.63, 3.8) is 0 Å². The Hall–Kier alpha value is -1.90. The molecular weight excluding hydrogens is 248 g/mol. The van der Waals surface area contributed by atoms with Crippen molar-refractivity contribution >= 4 is 5.78 Å². The van der Waals surface area contributed by atoms with Crippen LogP contribution in [0.15, 0.2) is 18.2 Å². The van der Waals surface area contributed by atoms with Gasteiger partial charge in [-0.1, -0.05) is 18.2 Å². The van der Waals surface area contributed by atoms with Crippen molar-refractivity contribution in [3.05, 3.63) is 51.8 Å². The van der Waals surface area contributed by atoms with Crippen LogP contribution < -0.4 is 0 Å². The molecular formula is C17H20N2O. The predicted molar refractivity (Wildman–Crippen MR) is 79.2 cm³/mol. The number of ketones is 1. The molecule has 0 aliphatic heterocycles. The Labute approximate surface area is 119 Å². The molecule has 0 spiro atoms. The summed E-state index contributed by atoms with van der Waals surface area (Å²) < 4.78 is 1.78. The molecule has 0 atom stereocenters. The Bertz CT molecular complexity index is 683. The Balaban J connectivity index is 1.86. The molecule has 0 bridgehead atoms. The van der Waals surface area contributed by atoms with E-state index in [2.05, 4.69) is 23.3 Å². The molecule has 1 aliphatic carbocycles. The highest BCUT2D eigenvalue weighted by Crippen LogP contribution is 2.24. The number of aryl methyl sites for hydroxylation is 4. The van der Waals surface area contributed by atoms with Crippen LogP contribution in [0.2, 0.25) is 0 Å². The highest BCUT2D eigenvalue weighted by molar-refractivity contribution is 5.99. The van der Waals surface area contributed by atoms with Crippen LogP contribution in [0.3, 0.4) is 0 Å². The zero-order valence-corrected chi connectivity index (χ0v) is 12.4. The summed E-state index contributed by atoms with van der Waals surface area (Å²) in [6.45, 7) is 3.86. The number of carbonyl (C=O) groups excluding carboxylic acids is 1. The molecule has 3 rings (SSSR count). The van der Waals surface area contributed by atoms with Gasteiger partial charge in [-0.15, -0.1) is 0 Å². The van der Waals surface area contributed by atoms with E-state index in [4.69, 9.17) is 0 Å². The topological polar surface area (TPSA) is 34.9 Å². The van der Waals surface area contributed by atoms with Crippen LogP contribution in [0.4, 0.5) is 0 Å². The number of fused-ring (bicyclic) bond motifs is 1. The molecule has 2 aromatic rings. The summed E-state index contributed by atoms with van der Waals surface area (Å²) in [7, 11) is 1.88. The maximum atomic E-state index is 12.5. The van der Waals surface area contributed by atoms with Gasteiger partial charge in [-0.2, -0.15) is 5.10 Å². The van der Waals surface area contributed by atoms with Crippen molar-refractivity contribution in [1.29, 1.82) is 0 Å². The van der Waals surface area contributed by atoms with E-state index in [-0.39, 0.29) is 5.78 Å². The molecule has 104 valence electrons. The number of hydrogen-bond donors (Lipinski definition) is 0. The Morgan fingerprint density at radius 3 is 2.70 bits per heavy atom. The summed E-state index contributed by atoms with van der Waals surface area (Å²) in [6.07, 6.45) is 4.06. The normalized spacial score (nSPS) is 13.6. The van der Waals surface area contributed by atoms with E-state index in [0.29, 0.717) is 6.42 Å². The number of rotatable bonds is 3. The quantitative estimate of drug-likeness (QED) is 0.802. The van der Waals surface area contributed by atoms with Gasteiger partial charge in [-0.25, -0.2) is 0 Å². The van der Waals surface area contributed by atoms with E-state index < -0.39 is 0 Å². The maximum absolute atomic E-state index is 12.5. The third-order valence-electron chi connectivity index (χ3n) is 4.32. The van der Waals surface area contributed by atoms with Crippen molar-refractivity contribution in [2.24, 2.45) is 7.05 Å². The van der Waals surface area contributed by atoms with Gasteiger partial charge in [0, 0.05) is 19.2 Å². The number of carbonyl (C=O) groups is 1. The molecule has 1 aliphatic rings. The van der Waals surface area contributed by atoms with Gasteiger partial charge in [0.2, 0.25) is 0 Å². The summed E-state index contributed by atoms with van der Waals surface area (Å²) in [4.78, 5) is 12.5. The average Bonchev–Trinajstić information content (AvgIpc) is 2.94. The summed E-state index contributed by atoms with van der Waals surface area (Å²) in [5, 5.41) is 4.33. The van der Waals surface area contributed by atoms with Crippen molar-refractivity contribution in [2.75, 3.05) is 0 Å². The highest BCUT2D eigenvalue weighted by atomic mass is 16.1. The first-order chi connectivity index (χ1) is 9.56. The van der Waals surface area contributed by atoms with Crippen LogP contribution in [0.1, 0.15) is 44.9 Å². The third kappa shape index (κ3) is 2.17. The fourth-order valence-corrected chi connectivity index (χ4v) is 3.19. The summed E-state index contributed by atoms with van der Waals surface area (Å²) in [5.41, 5.74) is 6.57. The first-order valence-electron chi connectivity index (χ1n) is 7.20. The number of benzene rings is 1. The molecule has 1 heterocycles. The van der Waals surface area contributed by atoms with Crippen LogP contribution in [-0.2, 0) is 26.3 Å². The Morgan fingerprint density at radius 1 is 1.25 bits per heavy atom. The van der Waals surface area contributed by atoms with Crippen molar-refractivity contribution in [2.45, 2.75) is 39.5 Å². The van der Waals surface area contributed by atoms with Gasteiger partial charge < -0.3 is 0 Å². The smallest absolute Gasteiger partial charge is 0.170 e. The lowest BCUT2D eigenvalue weighted by Gasteiger charge is -2.05. The summed E-state index contributed by atoms with van der Waals surface area (Å²) >= 11 is 0. The molecule has 0 fully saturated rings. The molecule has 0 N–H and O–H groups in total. The lowest BCUT2D eigenvalue weighted by Crippen LogP contribution is -2.07. The highest BCUT2D eigenvalue weighted by Gasteiger charge is 2.18. The van der Waals surface area contributed by atoms with E-state index in [9.17, 15) is 4.79 Å². The predicted octanol–water partition coefficient (Wildman–Crippen LogP) is 2.95. The molecule has 1 aromatic heterocycles. The number of Topliss-reactive ketones (excluding diaryl/α,β-unsaturated/α-hetero) is 1. The molecule has 0 saturated carbocycles. The fourth-order valence-electron chi connectivity index (χ4n) is 3.19. The SMILES string of the molecule is Cc1nn(C)c(C)c1C(=O)Cc1ccc2c(c1)CCC2. The van der Waals surface area contributed by atoms with Gasteiger partial charge in [-0.3, -0.25) is 9.48 Å². The van der Waals surface area contributed by atoms with Gasteiger partial charge in [0.05, 0.1) is 11.3 Å². The molecule has 0 unspecified atom stereocenters. The monoisotopic (exact) mass is 268 g/mol. The number of hydrogen-bond acceptors (Lipinski definition) is 2. The van der Waals surface area contributed by atoms with E-state index in [0.717, 1.165) is 28.9 Å². The number of nitrogens with zero attached hydrogens (tertiary/aromatic N) is 2. The molecule has 3 nitrogen and oxygen atoms in total. The zero-order valence-electron chi connectivity index (χ0n) is 12.4. The Morgan fingerprint density at radius 2 is 2.00 bits per heavy atom. The first-order valence-corrected chi connectivity index (χ1v) is 7.20. The van der Waals surface area contributed by atoms with Crippen molar-refractivity contribution < 1.29 is 4.79 Å². The van der Waals surface area contributed by atoms with Gasteiger partial charge in [0.15, 0.2) is 5.78 Å². The van der Waals surface area contributed by atoms with Gasteiger partial charge in [-0.05, 0) is 49.8 Å². The third-order valence-corrected chi connectivity index (χ3v) is 4.32. The van der Waals surface area contributed by atoms with Gasteiger partial charge >= 0.3 is 0 Å². The minimum Gasteiger partial charge on any atom is -0.294 e.